The number of fused-ring (bicyclic) bond motifs is 1. The molecule has 0 bridgehead atoms. The van der Waals surface area contributed by atoms with Crippen molar-refractivity contribution in [2.75, 3.05) is 5.73 Å². The molecule has 0 fully saturated rings. The Morgan fingerprint density at radius 3 is 2.92 bits per heavy atom. The van der Waals surface area contributed by atoms with Crippen molar-refractivity contribution in [3.63, 3.8) is 0 Å². The fourth-order valence-corrected chi connectivity index (χ4v) is 1.92. The summed E-state index contributed by atoms with van der Waals surface area (Å²) in [7, 11) is 1.94. The van der Waals surface area contributed by atoms with Crippen LogP contribution in [0.15, 0.2) is 12.5 Å². The molecule has 2 aromatic heterocycles. The Kier molecular flexibility index (Phi) is 1.67. The van der Waals surface area contributed by atoms with Crippen molar-refractivity contribution in [2.24, 2.45) is 7.05 Å². The van der Waals surface area contributed by atoms with E-state index >= 15 is 0 Å². The summed E-state index contributed by atoms with van der Waals surface area (Å²) in [5.74, 6) is 0.492. The summed E-state index contributed by atoms with van der Waals surface area (Å²) in [5, 5.41) is 0. The fourth-order valence-electron chi connectivity index (χ4n) is 1.15. The lowest BCUT2D eigenvalue weighted by molar-refractivity contribution is 0.945. The Labute approximate surface area is 82.9 Å². The average Bonchev–Trinajstić information content (AvgIpc) is 2.42. The Morgan fingerprint density at radius 2 is 2.25 bits per heavy atom. The smallest absolute Gasteiger partial charge is 0.151 e. The van der Waals surface area contributed by atoms with Crippen LogP contribution in [0, 0.1) is 3.57 Å². The minimum Gasteiger partial charge on any atom is -0.382 e. The van der Waals surface area contributed by atoms with Crippen LogP contribution in [0.2, 0.25) is 0 Å². The van der Waals surface area contributed by atoms with Crippen molar-refractivity contribution in [1.29, 1.82) is 0 Å². The summed E-state index contributed by atoms with van der Waals surface area (Å²) in [6.45, 7) is 0. The van der Waals surface area contributed by atoms with Crippen LogP contribution in [0.25, 0.3) is 11.0 Å². The van der Waals surface area contributed by atoms with Crippen LogP contribution in [0.4, 0.5) is 5.82 Å². The van der Waals surface area contributed by atoms with Gasteiger partial charge in [0.2, 0.25) is 0 Å². The van der Waals surface area contributed by atoms with Crippen LogP contribution < -0.4 is 5.73 Å². The van der Waals surface area contributed by atoms with E-state index in [0.29, 0.717) is 5.82 Å². The Hall–Kier alpha value is -0.850. The van der Waals surface area contributed by atoms with E-state index in [1.807, 2.05) is 11.6 Å². The number of halogens is 1. The van der Waals surface area contributed by atoms with E-state index in [4.69, 9.17) is 5.73 Å². The molecular weight excluding hydrogens is 267 g/mol. The van der Waals surface area contributed by atoms with Gasteiger partial charge in [0, 0.05) is 13.2 Å². The van der Waals surface area contributed by atoms with Crippen LogP contribution >= 0.6 is 22.6 Å². The highest BCUT2D eigenvalue weighted by Gasteiger charge is 2.07. The number of nitrogens with zero attached hydrogens (tertiary/aromatic N) is 3. The molecule has 0 unspecified atom stereocenters. The molecule has 12 heavy (non-hydrogen) atoms. The molecule has 5 heteroatoms. The third-order valence-corrected chi connectivity index (χ3v) is 2.51. The number of anilines is 1. The molecule has 2 rings (SSSR count). The second kappa shape index (κ2) is 2.58. The first-order chi connectivity index (χ1) is 5.70. The average molecular weight is 274 g/mol. The summed E-state index contributed by atoms with van der Waals surface area (Å²) < 4.78 is 3.01. The lowest BCUT2D eigenvalue weighted by Crippen LogP contribution is -1.94. The molecule has 0 aromatic carbocycles. The van der Waals surface area contributed by atoms with Crippen molar-refractivity contribution in [3.05, 3.63) is 16.1 Å². The number of hydrogen-bond donors (Lipinski definition) is 1. The van der Waals surface area contributed by atoms with E-state index in [-0.39, 0.29) is 0 Å². The highest BCUT2D eigenvalue weighted by molar-refractivity contribution is 14.1. The van der Waals surface area contributed by atoms with Gasteiger partial charge in [0.1, 0.15) is 5.52 Å². The number of aryl methyl sites for hydroxylation is 1. The quantitative estimate of drug-likeness (QED) is 0.733. The zero-order valence-corrected chi connectivity index (χ0v) is 8.61. The van der Waals surface area contributed by atoms with Gasteiger partial charge in [-0.25, -0.2) is 9.97 Å². The second-order valence-corrected chi connectivity index (χ2v) is 3.71. The third-order valence-electron chi connectivity index (χ3n) is 1.72. The minimum absolute atomic E-state index is 0.492. The van der Waals surface area contributed by atoms with Crippen molar-refractivity contribution in [1.82, 2.24) is 14.5 Å². The Bertz CT molecular complexity index is 434. The largest absolute Gasteiger partial charge is 0.382 e. The summed E-state index contributed by atoms with van der Waals surface area (Å²) in [6.07, 6.45) is 3.49. The Balaban J connectivity index is 2.98. The van der Waals surface area contributed by atoms with Gasteiger partial charge in [-0.15, -0.1) is 0 Å². The number of nitrogen functional groups attached to an aromatic ring is 1. The number of rotatable bonds is 0. The van der Waals surface area contributed by atoms with Gasteiger partial charge in [-0.3, -0.25) is 0 Å². The first-order valence-electron chi connectivity index (χ1n) is 3.41. The maximum absolute atomic E-state index is 5.65. The standard InChI is InChI=1S/C7H7IN4/c1-12-3-11-5-6(12)4(8)2-10-7(5)9/h2-3H,1H3,(H2,9,10). The molecular formula is C7H7IN4. The zero-order chi connectivity index (χ0) is 8.72. The normalized spacial score (nSPS) is 10.8. The topological polar surface area (TPSA) is 56.7 Å². The molecule has 62 valence electrons. The van der Waals surface area contributed by atoms with Crippen LogP contribution in [-0.4, -0.2) is 14.5 Å². The number of pyridine rings is 1. The molecule has 0 atom stereocenters. The first kappa shape index (κ1) is 7.78. The molecule has 0 amide bonds. The van der Waals surface area contributed by atoms with Crippen molar-refractivity contribution in [2.45, 2.75) is 0 Å². The molecule has 0 aliphatic rings. The van der Waals surface area contributed by atoms with Crippen molar-refractivity contribution in [3.8, 4) is 0 Å². The van der Waals surface area contributed by atoms with Gasteiger partial charge in [0.05, 0.1) is 15.4 Å². The summed E-state index contributed by atoms with van der Waals surface area (Å²) >= 11 is 2.22. The van der Waals surface area contributed by atoms with Gasteiger partial charge in [-0.1, -0.05) is 0 Å². The van der Waals surface area contributed by atoms with Crippen LogP contribution in [0.5, 0.6) is 0 Å². The summed E-state index contributed by atoms with van der Waals surface area (Å²) in [6, 6.07) is 0. The molecule has 0 radical (unpaired) electrons. The van der Waals surface area contributed by atoms with Gasteiger partial charge in [-0.05, 0) is 22.6 Å². The zero-order valence-electron chi connectivity index (χ0n) is 6.45. The van der Waals surface area contributed by atoms with Gasteiger partial charge >= 0.3 is 0 Å². The molecule has 4 nitrogen and oxygen atoms in total. The highest BCUT2D eigenvalue weighted by Crippen LogP contribution is 2.21. The SMILES string of the molecule is Cn1cnc2c(N)ncc(I)c21. The lowest BCUT2D eigenvalue weighted by Gasteiger charge is -1.98. The van der Waals surface area contributed by atoms with E-state index < -0.39 is 0 Å². The van der Waals surface area contributed by atoms with E-state index in [1.165, 1.54) is 0 Å². The van der Waals surface area contributed by atoms with E-state index in [1.54, 1.807) is 12.5 Å². The van der Waals surface area contributed by atoms with Crippen molar-refractivity contribution < 1.29 is 0 Å². The Morgan fingerprint density at radius 1 is 1.50 bits per heavy atom. The predicted molar refractivity (Wildman–Crippen MR) is 55.6 cm³/mol. The van der Waals surface area contributed by atoms with Crippen LogP contribution in [0.3, 0.4) is 0 Å². The second-order valence-electron chi connectivity index (χ2n) is 2.54. The van der Waals surface area contributed by atoms with Crippen molar-refractivity contribution >= 4 is 39.4 Å². The number of aromatic nitrogens is 3. The van der Waals surface area contributed by atoms with Gasteiger partial charge in [0.15, 0.2) is 5.82 Å². The number of nitrogens with two attached hydrogens (primary N) is 1. The van der Waals surface area contributed by atoms with E-state index in [0.717, 1.165) is 14.6 Å². The molecule has 2 heterocycles. The van der Waals surface area contributed by atoms with E-state index in [2.05, 4.69) is 32.6 Å². The lowest BCUT2D eigenvalue weighted by atomic mass is 10.4. The van der Waals surface area contributed by atoms with Crippen LogP contribution in [-0.2, 0) is 7.05 Å². The maximum Gasteiger partial charge on any atom is 0.151 e. The molecule has 2 N–H and O–H groups in total. The third kappa shape index (κ3) is 0.961. The molecule has 2 aromatic rings. The van der Waals surface area contributed by atoms with Gasteiger partial charge in [-0.2, -0.15) is 0 Å². The molecule has 0 saturated carbocycles. The number of hydrogen-bond acceptors (Lipinski definition) is 3. The molecule has 0 spiro atoms. The fraction of sp³-hybridized carbons (Fsp3) is 0.143. The monoisotopic (exact) mass is 274 g/mol. The van der Waals surface area contributed by atoms with E-state index in [9.17, 15) is 0 Å². The number of imidazole rings is 1. The molecule has 0 aliphatic carbocycles. The maximum atomic E-state index is 5.65. The summed E-state index contributed by atoms with van der Waals surface area (Å²) in [5.41, 5.74) is 7.47. The van der Waals surface area contributed by atoms with Crippen LogP contribution in [0.1, 0.15) is 0 Å². The first-order valence-corrected chi connectivity index (χ1v) is 4.49. The predicted octanol–water partition coefficient (Wildman–Crippen LogP) is 1.16. The summed E-state index contributed by atoms with van der Waals surface area (Å²) in [4.78, 5) is 8.16. The van der Waals surface area contributed by atoms with Gasteiger partial charge < -0.3 is 10.3 Å². The minimum atomic E-state index is 0.492. The molecule has 0 aliphatic heterocycles. The molecule has 0 saturated heterocycles. The highest BCUT2D eigenvalue weighted by atomic mass is 127. The van der Waals surface area contributed by atoms with Gasteiger partial charge in [0.25, 0.3) is 0 Å².